The molecule has 0 unspecified atom stereocenters. The average Bonchev–Trinajstić information content (AvgIpc) is 3.03. The van der Waals surface area contributed by atoms with Crippen LogP contribution in [0.2, 0.25) is 0 Å². The molecule has 0 amide bonds. The monoisotopic (exact) mass is 372 g/mol. The number of benzene rings is 1. The average molecular weight is 373 g/mol. The van der Waals surface area contributed by atoms with Crippen molar-refractivity contribution in [3.8, 4) is 22.2 Å². The highest BCUT2D eigenvalue weighted by molar-refractivity contribution is 9.10. The minimum absolute atomic E-state index is 0.0598. The van der Waals surface area contributed by atoms with Gasteiger partial charge in [-0.25, -0.2) is 13.8 Å². The summed E-state index contributed by atoms with van der Waals surface area (Å²) in [5.41, 5.74) is 6.57. The molecule has 1 aromatic carbocycles. The number of rotatable bonds is 2. The molecule has 0 saturated carbocycles. The number of hydrogen-bond acceptors (Lipinski definition) is 6. The Balaban J connectivity index is 2.07. The molecule has 21 heavy (non-hydrogen) atoms. The maximum atomic E-state index is 13.5. The second kappa shape index (κ2) is 5.15. The molecule has 0 aliphatic heterocycles. The summed E-state index contributed by atoms with van der Waals surface area (Å²) in [5.74, 6) is -1.59. The fourth-order valence-corrected chi connectivity index (χ4v) is 2.99. The van der Waals surface area contributed by atoms with Gasteiger partial charge in [-0.05, 0) is 35.0 Å². The third-order valence-corrected chi connectivity index (χ3v) is 4.46. The minimum atomic E-state index is -1.00. The van der Waals surface area contributed by atoms with Gasteiger partial charge in [-0.3, -0.25) is 0 Å². The molecule has 0 saturated heterocycles. The van der Waals surface area contributed by atoms with Crippen LogP contribution in [-0.4, -0.2) is 15.1 Å². The SMILES string of the molecule is Cc1nc(N)sc1-c1nc(-c2ccc(F)c(F)c2Br)no1. The maximum Gasteiger partial charge on any atom is 0.270 e. The lowest BCUT2D eigenvalue weighted by Gasteiger charge is -2.00. The number of aryl methyl sites for hydroxylation is 1. The van der Waals surface area contributed by atoms with Crippen molar-refractivity contribution < 1.29 is 13.3 Å². The molecule has 0 atom stereocenters. The van der Waals surface area contributed by atoms with E-state index in [9.17, 15) is 8.78 Å². The van der Waals surface area contributed by atoms with Gasteiger partial charge in [0.05, 0.1) is 10.2 Å². The molecule has 108 valence electrons. The van der Waals surface area contributed by atoms with Crippen LogP contribution in [0, 0.1) is 18.6 Å². The van der Waals surface area contributed by atoms with E-state index < -0.39 is 11.6 Å². The number of halogens is 3. The number of nitrogen functional groups attached to an aromatic ring is 1. The van der Waals surface area contributed by atoms with Gasteiger partial charge in [0.1, 0.15) is 4.88 Å². The highest BCUT2D eigenvalue weighted by Crippen LogP contribution is 2.34. The maximum absolute atomic E-state index is 13.5. The number of hydrogen-bond donors (Lipinski definition) is 1. The summed E-state index contributed by atoms with van der Waals surface area (Å²) < 4.78 is 31.7. The van der Waals surface area contributed by atoms with Crippen LogP contribution >= 0.6 is 27.3 Å². The van der Waals surface area contributed by atoms with E-state index >= 15 is 0 Å². The fourth-order valence-electron chi connectivity index (χ4n) is 1.74. The minimum Gasteiger partial charge on any atom is -0.375 e. The first kappa shape index (κ1) is 14.1. The third kappa shape index (κ3) is 2.42. The number of nitrogens with zero attached hydrogens (tertiary/aromatic N) is 3. The summed E-state index contributed by atoms with van der Waals surface area (Å²) in [6.45, 7) is 1.76. The van der Waals surface area contributed by atoms with Crippen LogP contribution in [0.1, 0.15) is 5.69 Å². The molecule has 3 rings (SSSR count). The van der Waals surface area contributed by atoms with Crippen molar-refractivity contribution in [1.82, 2.24) is 15.1 Å². The standard InChI is InChI=1S/C12H7BrF2N4OS/c1-4-9(21-12(16)17-4)11-18-10(19-20-11)5-2-3-6(14)8(15)7(5)13/h2-3H,1H3,(H2,16,17). The van der Waals surface area contributed by atoms with Crippen molar-refractivity contribution in [3.63, 3.8) is 0 Å². The first-order valence-corrected chi connectivity index (χ1v) is 7.29. The van der Waals surface area contributed by atoms with E-state index in [0.717, 1.165) is 6.07 Å². The van der Waals surface area contributed by atoms with Crippen molar-refractivity contribution in [2.24, 2.45) is 0 Å². The van der Waals surface area contributed by atoms with Crippen LogP contribution in [0.5, 0.6) is 0 Å². The predicted octanol–water partition coefficient (Wildman–Crippen LogP) is 3.79. The lowest BCUT2D eigenvalue weighted by molar-refractivity contribution is 0.432. The first-order valence-electron chi connectivity index (χ1n) is 5.68. The lowest BCUT2D eigenvalue weighted by Crippen LogP contribution is -1.90. The molecule has 3 aromatic rings. The van der Waals surface area contributed by atoms with Crippen LogP contribution in [0.4, 0.5) is 13.9 Å². The summed E-state index contributed by atoms with van der Waals surface area (Å²) in [6, 6.07) is 2.37. The van der Waals surface area contributed by atoms with Gasteiger partial charge in [0.25, 0.3) is 5.89 Å². The molecule has 0 bridgehead atoms. The van der Waals surface area contributed by atoms with Gasteiger partial charge in [-0.1, -0.05) is 16.5 Å². The molecule has 0 aliphatic carbocycles. The largest absolute Gasteiger partial charge is 0.375 e. The van der Waals surface area contributed by atoms with E-state index in [0.29, 0.717) is 21.3 Å². The molecule has 0 fully saturated rings. The van der Waals surface area contributed by atoms with Gasteiger partial charge in [-0.2, -0.15) is 4.98 Å². The Morgan fingerprint density at radius 3 is 2.71 bits per heavy atom. The van der Waals surface area contributed by atoms with Crippen molar-refractivity contribution >= 4 is 32.4 Å². The third-order valence-electron chi connectivity index (χ3n) is 2.71. The number of nitrogens with two attached hydrogens (primary N) is 1. The van der Waals surface area contributed by atoms with Crippen molar-refractivity contribution in [2.75, 3.05) is 5.73 Å². The fraction of sp³-hybridized carbons (Fsp3) is 0.0833. The van der Waals surface area contributed by atoms with Gasteiger partial charge in [0, 0.05) is 5.56 Å². The summed E-state index contributed by atoms with van der Waals surface area (Å²) in [5, 5.41) is 4.16. The molecule has 0 aliphatic rings. The van der Waals surface area contributed by atoms with Crippen molar-refractivity contribution in [2.45, 2.75) is 6.92 Å². The van der Waals surface area contributed by atoms with Gasteiger partial charge in [0.15, 0.2) is 16.8 Å². The molecule has 2 N–H and O–H groups in total. The molecule has 2 heterocycles. The normalized spacial score (nSPS) is 11.0. The van der Waals surface area contributed by atoms with Crippen LogP contribution < -0.4 is 5.73 Å². The van der Waals surface area contributed by atoms with Crippen molar-refractivity contribution in [3.05, 3.63) is 33.9 Å². The van der Waals surface area contributed by atoms with Gasteiger partial charge < -0.3 is 10.3 Å². The topological polar surface area (TPSA) is 77.8 Å². The molecule has 2 aromatic heterocycles. The number of aromatic nitrogens is 3. The molecule has 0 radical (unpaired) electrons. The summed E-state index contributed by atoms with van der Waals surface area (Å²) in [4.78, 5) is 8.88. The Kier molecular flexibility index (Phi) is 3.46. The van der Waals surface area contributed by atoms with Gasteiger partial charge in [-0.15, -0.1) is 0 Å². The molecule has 0 spiro atoms. The van der Waals surface area contributed by atoms with E-state index in [-0.39, 0.29) is 16.2 Å². The second-order valence-electron chi connectivity index (χ2n) is 4.11. The Morgan fingerprint density at radius 2 is 2.05 bits per heavy atom. The number of anilines is 1. The zero-order valence-electron chi connectivity index (χ0n) is 10.5. The predicted molar refractivity (Wildman–Crippen MR) is 77.6 cm³/mol. The van der Waals surface area contributed by atoms with Gasteiger partial charge in [0.2, 0.25) is 5.82 Å². The quantitative estimate of drug-likeness (QED) is 0.692. The lowest BCUT2D eigenvalue weighted by atomic mass is 10.2. The summed E-state index contributed by atoms with van der Waals surface area (Å²) >= 11 is 4.20. The first-order chi connectivity index (χ1) is 9.97. The molecular weight excluding hydrogens is 366 g/mol. The Hall–Kier alpha value is -1.87. The Bertz CT molecular complexity index is 833. The Morgan fingerprint density at radius 1 is 1.29 bits per heavy atom. The highest BCUT2D eigenvalue weighted by atomic mass is 79.9. The smallest absolute Gasteiger partial charge is 0.270 e. The zero-order valence-corrected chi connectivity index (χ0v) is 12.9. The highest BCUT2D eigenvalue weighted by Gasteiger charge is 2.20. The zero-order chi connectivity index (χ0) is 15.1. The van der Waals surface area contributed by atoms with E-state index in [1.54, 1.807) is 6.92 Å². The molecule has 5 nitrogen and oxygen atoms in total. The van der Waals surface area contributed by atoms with E-state index in [1.807, 2.05) is 0 Å². The van der Waals surface area contributed by atoms with Crippen LogP contribution in [0.25, 0.3) is 22.2 Å². The van der Waals surface area contributed by atoms with Crippen LogP contribution in [0.3, 0.4) is 0 Å². The van der Waals surface area contributed by atoms with E-state index in [4.69, 9.17) is 10.3 Å². The van der Waals surface area contributed by atoms with Crippen LogP contribution in [-0.2, 0) is 0 Å². The van der Waals surface area contributed by atoms with Crippen LogP contribution in [0.15, 0.2) is 21.1 Å². The summed E-state index contributed by atoms with van der Waals surface area (Å²) in [7, 11) is 0. The van der Waals surface area contributed by atoms with Crippen molar-refractivity contribution in [1.29, 1.82) is 0 Å². The second-order valence-corrected chi connectivity index (χ2v) is 5.94. The van der Waals surface area contributed by atoms with E-state index in [1.165, 1.54) is 17.4 Å². The van der Waals surface area contributed by atoms with E-state index in [2.05, 4.69) is 31.1 Å². The number of thiazole rings is 1. The van der Waals surface area contributed by atoms with Gasteiger partial charge >= 0.3 is 0 Å². The molecular formula is C12H7BrF2N4OS. The Labute approximate surface area is 129 Å². The molecule has 9 heteroatoms. The summed E-state index contributed by atoms with van der Waals surface area (Å²) in [6.07, 6.45) is 0.